The van der Waals surface area contributed by atoms with E-state index >= 15 is 0 Å². The van der Waals surface area contributed by atoms with Crippen molar-refractivity contribution in [2.75, 3.05) is 13.9 Å². The number of ketones is 1. The second-order valence-electron chi connectivity index (χ2n) is 4.61. The van der Waals surface area contributed by atoms with Gasteiger partial charge in [0, 0.05) is 17.2 Å². The molecule has 0 atom stereocenters. The minimum absolute atomic E-state index is 0.121. The fraction of sp³-hybridized carbons (Fsp3) is 0.111. The molecule has 118 valence electrons. The molecular formula is C18H16O5. The van der Waals surface area contributed by atoms with Crippen LogP contribution in [0, 0.1) is 0 Å². The number of aliphatic hydroxyl groups is 1. The van der Waals surface area contributed by atoms with Gasteiger partial charge in [0.1, 0.15) is 5.75 Å². The van der Waals surface area contributed by atoms with Crippen LogP contribution in [-0.4, -0.2) is 30.8 Å². The highest BCUT2D eigenvalue weighted by atomic mass is 16.6. The molecule has 0 bridgehead atoms. The molecule has 0 fully saturated rings. The van der Waals surface area contributed by atoms with Gasteiger partial charge in [0.25, 0.3) is 0 Å². The maximum Gasteiger partial charge on any atom is 0.330 e. The van der Waals surface area contributed by atoms with Gasteiger partial charge in [0.2, 0.25) is 0 Å². The van der Waals surface area contributed by atoms with Gasteiger partial charge in [0.15, 0.2) is 12.6 Å². The highest BCUT2D eigenvalue weighted by Gasteiger charge is 2.08. The Kier molecular flexibility index (Phi) is 5.66. The number of hydrogen-bond donors (Lipinski definition) is 1. The van der Waals surface area contributed by atoms with Crippen molar-refractivity contribution < 1.29 is 24.2 Å². The van der Waals surface area contributed by atoms with Crippen LogP contribution in [0.3, 0.4) is 0 Å². The Hall–Kier alpha value is -2.92. The van der Waals surface area contributed by atoms with Crippen molar-refractivity contribution in [3.05, 3.63) is 71.3 Å². The molecule has 0 radical (unpaired) electrons. The van der Waals surface area contributed by atoms with Gasteiger partial charge >= 0.3 is 5.97 Å². The summed E-state index contributed by atoms with van der Waals surface area (Å²) in [6.07, 6.45) is 2.93. The molecular weight excluding hydrogens is 296 g/mol. The first-order valence-corrected chi connectivity index (χ1v) is 6.88. The van der Waals surface area contributed by atoms with E-state index in [2.05, 4.69) is 4.74 Å². The Morgan fingerprint density at radius 1 is 1.00 bits per heavy atom. The normalized spacial score (nSPS) is 10.5. The van der Waals surface area contributed by atoms with E-state index in [0.29, 0.717) is 16.9 Å². The van der Waals surface area contributed by atoms with E-state index in [0.717, 1.165) is 5.56 Å². The molecule has 0 unspecified atom stereocenters. The maximum absolute atomic E-state index is 12.4. The van der Waals surface area contributed by atoms with Crippen LogP contribution in [0.1, 0.15) is 21.5 Å². The first-order valence-electron chi connectivity index (χ1n) is 6.88. The predicted octanol–water partition coefficient (Wildman–Crippen LogP) is 2.43. The van der Waals surface area contributed by atoms with Crippen LogP contribution in [0.2, 0.25) is 0 Å². The third kappa shape index (κ3) is 4.52. The number of hydrogen-bond acceptors (Lipinski definition) is 5. The van der Waals surface area contributed by atoms with Crippen molar-refractivity contribution in [1.29, 1.82) is 0 Å². The Bertz CT molecular complexity index is 699. The van der Waals surface area contributed by atoms with Crippen LogP contribution >= 0.6 is 0 Å². The average Bonchev–Trinajstić information content (AvgIpc) is 2.60. The monoisotopic (exact) mass is 312 g/mol. The lowest BCUT2D eigenvalue weighted by Crippen LogP contribution is -2.01. The van der Waals surface area contributed by atoms with Gasteiger partial charge in [-0.1, -0.05) is 24.3 Å². The zero-order valence-corrected chi connectivity index (χ0v) is 12.6. The summed E-state index contributed by atoms with van der Waals surface area (Å²) >= 11 is 0. The van der Waals surface area contributed by atoms with Gasteiger partial charge in [-0.25, -0.2) is 4.79 Å². The summed E-state index contributed by atoms with van der Waals surface area (Å²) in [7, 11) is 1.31. The van der Waals surface area contributed by atoms with Gasteiger partial charge in [0.05, 0.1) is 7.11 Å². The quantitative estimate of drug-likeness (QED) is 0.384. The van der Waals surface area contributed by atoms with E-state index in [-0.39, 0.29) is 5.78 Å². The Balaban J connectivity index is 2.10. The first-order chi connectivity index (χ1) is 11.1. The van der Waals surface area contributed by atoms with Crippen LogP contribution in [-0.2, 0) is 9.53 Å². The van der Waals surface area contributed by atoms with Crippen molar-refractivity contribution in [1.82, 2.24) is 0 Å². The van der Waals surface area contributed by atoms with E-state index in [1.165, 1.54) is 13.2 Å². The van der Waals surface area contributed by atoms with Crippen LogP contribution in [0.15, 0.2) is 54.6 Å². The summed E-state index contributed by atoms with van der Waals surface area (Å²) < 4.78 is 9.43. The summed E-state index contributed by atoms with van der Waals surface area (Å²) in [5.41, 5.74) is 1.85. The molecule has 0 saturated carbocycles. The molecule has 5 heteroatoms. The molecule has 0 amide bonds. The first kappa shape index (κ1) is 16.5. The SMILES string of the molecule is COC(=O)C=Cc1ccc(C(=O)c2ccc(OCO)cc2)cc1. The molecule has 2 aromatic rings. The summed E-state index contributed by atoms with van der Waals surface area (Å²) in [4.78, 5) is 23.4. The standard InChI is InChI=1S/C18H16O5/c1-22-17(20)11-4-13-2-5-14(6-3-13)18(21)15-7-9-16(10-8-15)23-12-19/h2-11,19H,12H2,1H3. The van der Waals surface area contributed by atoms with Crippen molar-refractivity contribution in [2.24, 2.45) is 0 Å². The Morgan fingerprint density at radius 2 is 1.57 bits per heavy atom. The number of rotatable bonds is 6. The molecule has 0 saturated heterocycles. The topological polar surface area (TPSA) is 72.8 Å². The Labute approximate surface area is 133 Å². The molecule has 23 heavy (non-hydrogen) atoms. The number of methoxy groups -OCH3 is 1. The number of benzene rings is 2. The van der Waals surface area contributed by atoms with Crippen molar-refractivity contribution >= 4 is 17.8 Å². The number of esters is 1. The molecule has 5 nitrogen and oxygen atoms in total. The van der Waals surface area contributed by atoms with E-state index in [9.17, 15) is 9.59 Å². The van der Waals surface area contributed by atoms with Gasteiger partial charge in [-0.05, 0) is 35.9 Å². The minimum Gasteiger partial charge on any atom is -0.468 e. The maximum atomic E-state index is 12.4. The number of carbonyl (C=O) groups excluding carboxylic acids is 2. The molecule has 0 aliphatic rings. The molecule has 0 spiro atoms. The minimum atomic E-state index is -0.435. The van der Waals surface area contributed by atoms with E-state index in [1.54, 1.807) is 54.6 Å². The van der Waals surface area contributed by atoms with E-state index in [1.807, 2.05) is 0 Å². The van der Waals surface area contributed by atoms with Crippen LogP contribution in [0.4, 0.5) is 0 Å². The zero-order chi connectivity index (χ0) is 16.7. The smallest absolute Gasteiger partial charge is 0.330 e. The summed E-state index contributed by atoms with van der Waals surface area (Å²) in [6, 6.07) is 13.4. The van der Waals surface area contributed by atoms with Crippen LogP contribution < -0.4 is 4.74 Å². The molecule has 2 aromatic carbocycles. The van der Waals surface area contributed by atoms with Gasteiger partial charge in [-0.15, -0.1) is 0 Å². The molecule has 0 aromatic heterocycles. The van der Waals surface area contributed by atoms with Crippen LogP contribution in [0.5, 0.6) is 5.75 Å². The summed E-state index contributed by atoms with van der Waals surface area (Å²) in [5.74, 6) is -0.0632. The van der Waals surface area contributed by atoms with Crippen LogP contribution in [0.25, 0.3) is 6.08 Å². The molecule has 0 aliphatic heterocycles. The van der Waals surface area contributed by atoms with Crippen molar-refractivity contribution in [2.45, 2.75) is 0 Å². The van der Waals surface area contributed by atoms with Crippen molar-refractivity contribution in [3.8, 4) is 5.75 Å². The second kappa shape index (κ2) is 7.91. The Morgan fingerprint density at radius 3 is 2.09 bits per heavy atom. The van der Waals surface area contributed by atoms with Gasteiger partial charge < -0.3 is 14.6 Å². The van der Waals surface area contributed by atoms with E-state index in [4.69, 9.17) is 9.84 Å². The fourth-order valence-electron chi connectivity index (χ4n) is 1.92. The number of ether oxygens (including phenoxy) is 2. The third-order valence-corrected chi connectivity index (χ3v) is 3.13. The predicted molar refractivity (Wildman–Crippen MR) is 85.1 cm³/mol. The lowest BCUT2D eigenvalue weighted by atomic mass is 10.0. The molecule has 0 aliphatic carbocycles. The summed E-state index contributed by atoms with van der Waals surface area (Å²) in [5, 5.41) is 8.67. The largest absolute Gasteiger partial charge is 0.468 e. The average molecular weight is 312 g/mol. The summed E-state index contributed by atoms with van der Waals surface area (Å²) in [6.45, 7) is -0.409. The number of carbonyl (C=O) groups is 2. The highest BCUT2D eigenvalue weighted by Crippen LogP contribution is 2.16. The molecule has 2 rings (SSSR count). The lowest BCUT2D eigenvalue weighted by molar-refractivity contribution is -0.134. The lowest BCUT2D eigenvalue weighted by Gasteiger charge is -2.04. The third-order valence-electron chi connectivity index (χ3n) is 3.13. The van der Waals surface area contributed by atoms with Gasteiger partial charge in [-0.3, -0.25) is 4.79 Å². The highest BCUT2D eigenvalue weighted by molar-refractivity contribution is 6.09. The van der Waals surface area contributed by atoms with E-state index < -0.39 is 12.8 Å². The molecule has 0 heterocycles. The zero-order valence-electron chi connectivity index (χ0n) is 12.6. The molecule has 1 N–H and O–H groups in total. The second-order valence-corrected chi connectivity index (χ2v) is 4.61. The number of aliphatic hydroxyl groups excluding tert-OH is 1. The van der Waals surface area contributed by atoms with Gasteiger partial charge in [-0.2, -0.15) is 0 Å². The van der Waals surface area contributed by atoms with Crippen molar-refractivity contribution in [3.63, 3.8) is 0 Å². The fourth-order valence-corrected chi connectivity index (χ4v) is 1.92.